The van der Waals surface area contributed by atoms with Crippen LogP contribution in [0.2, 0.25) is 5.82 Å². The van der Waals surface area contributed by atoms with Crippen molar-refractivity contribution in [1.29, 1.82) is 0 Å². The van der Waals surface area contributed by atoms with Gasteiger partial charge < -0.3 is 18.9 Å². The van der Waals surface area contributed by atoms with Crippen molar-refractivity contribution < 1.29 is 28.4 Å². The molecule has 1 amide bonds. The Hall–Kier alpha value is -1.77. The molecule has 0 aromatic rings. The van der Waals surface area contributed by atoms with Crippen LogP contribution in [0, 0.1) is 11.8 Å². The summed E-state index contributed by atoms with van der Waals surface area (Å²) < 4.78 is 16.0. The number of amides is 1. The van der Waals surface area contributed by atoms with E-state index >= 15 is 0 Å². The van der Waals surface area contributed by atoms with E-state index in [1.807, 2.05) is 20.8 Å². The molecule has 8 nitrogen and oxygen atoms in total. The molecule has 0 bridgehead atoms. The Kier molecular flexibility index (Phi) is 4.23. The minimum atomic E-state index is -0.838. The monoisotopic (exact) mass is 338 g/mol. The number of nitrogens with zero attached hydrogens (tertiary/aromatic N) is 2. The van der Waals surface area contributed by atoms with Crippen LogP contribution in [-0.2, 0) is 23.6 Å². The number of likely N-dealkylation sites (N-methyl/N-ethyl adjacent to an activating group) is 1. The average molecular weight is 338 g/mol. The predicted octanol–water partition coefficient (Wildman–Crippen LogP) is 0.373. The molecule has 3 fully saturated rings. The van der Waals surface area contributed by atoms with Crippen LogP contribution in [0.3, 0.4) is 0 Å². The fourth-order valence-electron chi connectivity index (χ4n) is 3.46. The van der Waals surface area contributed by atoms with Gasteiger partial charge in [-0.05, 0) is 39.7 Å². The lowest BCUT2D eigenvalue weighted by Gasteiger charge is -2.27. The largest absolute Gasteiger partial charge is 0.602 e. The van der Waals surface area contributed by atoms with E-state index in [1.54, 1.807) is 16.8 Å². The Balaban J connectivity index is 1.56. The summed E-state index contributed by atoms with van der Waals surface area (Å²) in [4.78, 5) is 38.9. The highest BCUT2D eigenvalue weighted by Gasteiger charge is 2.66. The Bertz CT molecular complexity index is 531. The molecule has 3 aliphatic rings. The Labute approximate surface area is 141 Å². The number of fused-ring (bicyclic) bond motifs is 1. The fraction of sp³-hybridized carbons (Fsp3) is 0.800. The third kappa shape index (κ3) is 3.66. The number of rotatable bonds is 1. The second-order valence-electron chi connectivity index (χ2n) is 7.81. The van der Waals surface area contributed by atoms with Crippen molar-refractivity contribution in [2.75, 3.05) is 33.2 Å². The third-order valence-electron chi connectivity index (χ3n) is 4.52. The third-order valence-corrected chi connectivity index (χ3v) is 4.52. The highest BCUT2D eigenvalue weighted by atomic mass is 16.6. The summed E-state index contributed by atoms with van der Waals surface area (Å²) in [6.45, 7) is 6.69. The first-order chi connectivity index (χ1) is 11.1. The molecule has 3 rings (SSSR count). The summed E-state index contributed by atoms with van der Waals surface area (Å²) in [5.74, 6) is -0.464. The van der Waals surface area contributed by atoms with Gasteiger partial charge >= 0.3 is 25.2 Å². The molecule has 24 heavy (non-hydrogen) atoms. The van der Waals surface area contributed by atoms with Gasteiger partial charge in [0.2, 0.25) is 0 Å². The second kappa shape index (κ2) is 5.95. The number of carbonyl (C=O) groups is 3. The van der Waals surface area contributed by atoms with Gasteiger partial charge in [-0.3, -0.25) is 14.5 Å². The molecular formula is C15H23BN2O6. The van der Waals surface area contributed by atoms with Crippen LogP contribution in [0.15, 0.2) is 0 Å². The molecular weight excluding hydrogens is 315 g/mol. The Morgan fingerprint density at radius 2 is 1.62 bits per heavy atom. The zero-order valence-corrected chi connectivity index (χ0v) is 14.5. The van der Waals surface area contributed by atoms with Crippen molar-refractivity contribution in [3.8, 4) is 0 Å². The molecule has 0 radical (unpaired) electrons. The highest BCUT2D eigenvalue weighted by Crippen LogP contribution is 2.58. The summed E-state index contributed by atoms with van der Waals surface area (Å²) in [5.41, 5.74) is -0.528. The molecule has 2 heterocycles. The van der Waals surface area contributed by atoms with Gasteiger partial charge in [0.25, 0.3) is 0 Å². The van der Waals surface area contributed by atoms with Crippen molar-refractivity contribution in [1.82, 2.24) is 9.80 Å². The Morgan fingerprint density at radius 1 is 1.12 bits per heavy atom. The molecule has 2 saturated heterocycles. The van der Waals surface area contributed by atoms with E-state index in [0.717, 1.165) is 0 Å². The Morgan fingerprint density at radius 3 is 2.08 bits per heavy atom. The van der Waals surface area contributed by atoms with Crippen molar-refractivity contribution in [2.45, 2.75) is 32.2 Å². The van der Waals surface area contributed by atoms with Gasteiger partial charge in [0.05, 0.1) is 13.1 Å². The molecule has 1 saturated carbocycles. The lowest BCUT2D eigenvalue weighted by atomic mass is 9.78. The van der Waals surface area contributed by atoms with Crippen LogP contribution >= 0.6 is 0 Å². The first-order valence-corrected chi connectivity index (χ1v) is 8.19. The maximum atomic E-state index is 12.1. The van der Waals surface area contributed by atoms with Crippen LogP contribution in [0.4, 0.5) is 4.79 Å². The summed E-state index contributed by atoms with van der Waals surface area (Å²) in [7, 11) is 0.822. The van der Waals surface area contributed by atoms with Crippen molar-refractivity contribution in [2.24, 2.45) is 11.8 Å². The normalized spacial score (nSPS) is 30.9. The van der Waals surface area contributed by atoms with Gasteiger partial charge in [-0.25, -0.2) is 4.79 Å². The first kappa shape index (κ1) is 17.1. The summed E-state index contributed by atoms with van der Waals surface area (Å²) in [5, 5.41) is 0. The molecule has 132 valence electrons. The van der Waals surface area contributed by atoms with E-state index in [2.05, 4.69) is 0 Å². The van der Waals surface area contributed by atoms with Crippen LogP contribution < -0.4 is 0 Å². The maximum Gasteiger partial charge on any atom is 0.602 e. The van der Waals surface area contributed by atoms with Crippen molar-refractivity contribution in [3.63, 3.8) is 0 Å². The number of carbonyl (C=O) groups excluding carboxylic acids is 3. The van der Waals surface area contributed by atoms with E-state index < -0.39 is 24.7 Å². The zero-order chi connectivity index (χ0) is 17.6. The molecule has 0 N–H and O–H groups in total. The number of ether oxygens (including phenoxy) is 1. The molecule has 0 aromatic heterocycles. The van der Waals surface area contributed by atoms with Crippen LogP contribution in [0.1, 0.15) is 20.8 Å². The standard InChI is InChI=1S/C15H23BN2O6/c1-15(2,3)22-14(21)18-5-9-10(6-18)13(9)16-23-11(19)7-17(4)8-12(20)24-16/h9-10,13H,5-8H2,1-4H3/t9-,10+,13?. The van der Waals surface area contributed by atoms with E-state index in [0.29, 0.717) is 13.1 Å². The quantitative estimate of drug-likeness (QED) is 0.639. The van der Waals surface area contributed by atoms with E-state index in [-0.39, 0.29) is 36.8 Å². The first-order valence-electron chi connectivity index (χ1n) is 8.19. The van der Waals surface area contributed by atoms with E-state index in [9.17, 15) is 14.4 Å². The van der Waals surface area contributed by atoms with E-state index in [1.165, 1.54) is 0 Å². The molecule has 2 aliphatic heterocycles. The molecule has 9 heteroatoms. The number of hydrogen-bond donors (Lipinski definition) is 0. The highest BCUT2D eigenvalue weighted by molar-refractivity contribution is 6.52. The minimum Gasteiger partial charge on any atom is -0.498 e. The van der Waals surface area contributed by atoms with Crippen molar-refractivity contribution >= 4 is 25.2 Å². The van der Waals surface area contributed by atoms with Gasteiger partial charge in [-0.2, -0.15) is 0 Å². The molecule has 1 aliphatic carbocycles. The summed E-state index contributed by atoms with van der Waals surface area (Å²) >= 11 is 0. The summed E-state index contributed by atoms with van der Waals surface area (Å²) in [6, 6.07) is 0. The smallest absolute Gasteiger partial charge is 0.498 e. The lowest BCUT2D eigenvalue weighted by molar-refractivity contribution is -0.145. The van der Waals surface area contributed by atoms with Crippen LogP contribution in [-0.4, -0.2) is 73.8 Å². The average Bonchev–Trinajstić information content (AvgIpc) is 2.87. The molecule has 0 spiro atoms. The minimum absolute atomic E-state index is 0.0278. The predicted molar refractivity (Wildman–Crippen MR) is 84.0 cm³/mol. The lowest BCUT2D eigenvalue weighted by Crippen LogP contribution is -2.44. The number of hydrogen-bond acceptors (Lipinski definition) is 7. The van der Waals surface area contributed by atoms with Gasteiger partial charge in [-0.15, -0.1) is 0 Å². The molecule has 0 aromatic carbocycles. The fourth-order valence-corrected chi connectivity index (χ4v) is 3.46. The number of likely N-dealkylation sites (tertiary alicyclic amines) is 1. The SMILES string of the molecule is CN1CC(=O)OB(C2[C@H]3CN(C(=O)OC(C)(C)C)C[C@@H]23)OC(=O)C1. The topological polar surface area (TPSA) is 85.4 Å². The summed E-state index contributed by atoms with van der Waals surface area (Å²) in [6.07, 6.45) is -0.332. The van der Waals surface area contributed by atoms with Crippen LogP contribution in [0.5, 0.6) is 0 Å². The van der Waals surface area contributed by atoms with Crippen molar-refractivity contribution in [3.05, 3.63) is 0 Å². The van der Waals surface area contributed by atoms with Gasteiger partial charge in [0.1, 0.15) is 5.60 Å². The van der Waals surface area contributed by atoms with Gasteiger partial charge in [-0.1, -0.05) is 0 Å². The number of piperidine rings is 1. The molecule has 1 unspecified atom stereocenters. The van der Waals surface area contributed by atoms with Crippen LogP contribution in [0.25, 0.3) is 0 Å². The maximum absolute atomic E-state index is 12.1. The van der Waals surface area contributed by atoms with Gasteiger partial charge in [0.15, 0.2) is 0 Å². The second-order valence-corrected chi connectivity index (χ2v) is 7.81. The zero-order valence-electron chi connectivity index (χ0n) is 14.5. The molecule has 3 atom stereocenters. The van der Waals surface area contributed by atoms with Gasteiger partial charge in [0, 0.05) is 18.9 Å². The van der Waals surface area contributed by atoms with E-state index in [4.69, 9.17) is 14.0 Å².